The lowest BCUT2D eigenvalue weighted by atomic mass is 9.94. The van der Waals surface area contributed by atoms with Gasteiger partial charge in [-0.1, -0.05) is 37.3 Å². The molecule has 0 spiro atoms. The molecule has 0 saturated heterocycles. The van der Waals surface area contributed by atoms with Crippen molar-refractivity contribution in [2.75, 3.05) is 13.2 Å². The molecule has 0 bridgehead atoms. The van der Waals surface area contributed by atoms with Crippen molar-refractivity contribution in [3.63, 3.8) is 0 Å². The Labute approximate surface area is 103 Å². The number of benzene rings is 1. The highest BCUT2D eigenvalue weighted by Gasteiger charge is 2.21. The molecule has 1 aromatic carbocycles. The first-order chi connectivity index (χ1) is 8.11. The van der Waals surface area contributed by atoms with E-state index in [2.05, 4.69) is 19.2 Å². The van der Waals surface area contributed by atoms with Crippen LogP contribution in [0.5, 0.6) is 0 Å². The molecule has 2 unspecified atom stereocenters. The Morgan fingerprint density at radius 3 is 2.47 bits per heavy atom. The van der Waals surface area contributed by atoms with E-state index >= 15 is 0 Å². The van der Waals surface area contributed by atoms with E-state index in [1.54, 1.807) is 0 Å². The second-order valence-electron chi connectivity index (χ2n) is 4.70. The van der Waals surface area contributed by atoms with Gasteiger partial charge in [0.2, 0.25) is 0 Å². The standard InChI is InChI=1S/C14H23NO2/c1-3-14(2,9-10-16)15-11-13(17)12-7-5-4-6-8-12/h4-8,13,15-17H,3,9-11H2,1-2H3. The Hall–Kier alpha value is -0.900. The SMILES string of the molecule is CCC(C)(CCO)NCC(O)c1ccccc1. The number of aliphatic hydroxyl groups is 2. The highest BCUT2D eigenvalue weighted by Crippen LogP contribution is 2.17. The van der Waals surface area contributed by atoms with Crippen LogP contribution in [0.3, 0.4) is 0 Å². The average molecular weight is 237 g/mol. The average Bonchev–Trinajstić information content (AvgIpc) is 2.37. The number of hydrogen-bond acceptors (Lipinski definition) is 3. The third-order valence-corrected chi connectivity index (χ3v) is 3.35. The molecule has 0 amide bonds. The zero-order valence-corrected chi connectivity index (χ0v) is 10.7. The Morgan fingerprint density at radius 2 is 1.94 bits per heavy atom. The largest absolute Gasteiger partial charge is 0.396 e. The van der Waals surface area contributed by atoms with E-state index in [-0.39, 0.29) is 12.1 Å². The lowest BCUT2D eigenvalue weighted by Crippen LogP contribution is -2.44. The lowest BCUT2D eigenvalue weighted by molar-refractivity contribution is 0.145. The fourth-order valence-corrected chi connectivity index (χ4v) is 1.77. The van der Waals surface area contributed by atoms with Crippen molar-refractivity contribution in [1.29, 1.82) is 0 Å². The summed E-state index contributed by atoms with van der Waals surface area (Å²) < 4.78 is 0. The molecule has 0 saturated carbocycles. The van der Waals surface area contributed by atoms with Crippen LogP contribution < -0.4 is 5.32 Å². The highest BCUT2D eigenvalue weighted by atomic mass is 16.3. The van der Waals surface area contributed by atoms with Gasteiger partial charge in [-0.25, -0.2) is 0 Å². The Kier molecular flexibility index (Phi) is 5.62. The molecule has 0 radical (unpaired) electrons. The molecule has 0 aromatic heterocycles. The highest BCUT2D eigenvalue weighted by molar-refractivity contribution is 5.17. The fraction of sp³-hybridized carbons (Fsp3) is 0.571. The molecule has 0 fully saturated rings. The maximum atomic E-state index is 10.0. The molecule has 1 aromatic rings. The summed E-state index contributed by atoms with van der Waals surface area (Å²) in [6, 6.07) is 9.62. The summed E-state index contributed by atoms with van der Waals surface area (Å²) in [4.78, 5) is 0. The lowest BCUT2D eigenvalue weighted by Gasteiger charge is -2.30. The molecule has 2 atom stereocenters. The topological polar surface area (TPSA) is 52.5 Å². The molecule has 0 aliphatic rings. The van der Waals surface area contributed by atoms with Gasteiger partial charge in [0.25, 0.3) is 0 Å². The molecule has 0 heterocycles. The summed E-state index contributed by atoms with van der Waals surface area (Å²) in [5.74, 6) is 0. The smallest absolute Gasteiger partial charge is 0.0914 e. The van der Waals surface area contributed by atoms with Crippen molar-refractivity contribution in [3.8, 4) is 0 Å². The maximum absolute atomic E-state index is 10.0. The molecule has 0 aliphatic heterocycles. The van der Waals surface area contributed by atoms with E-state index in [1.807, 2.05) is 30.3 Å². The summed E-state index contributed by atoms with van der Waals surface area (Å²) in [5.41, 5.74) is 0.812. The van der Waals surface area contributed by atoms with E-state index in [0.29, 0.717) is 13.0 Å². The molecule has 17 heavy (non-hydrogen) atoms. The van der Waals surface area contributed by atoms with Crippen LogP contribution in [0.2, 0.25) is 0 Å². The first-order valence-electron chi connectivity index (χ1n) is 6.20. The van der Waals surface area contributed by atoms with E-state index < -0.39 is 6.10 Å². The first-order valence-corrected chi connectivity index (χ1v) is 6.20. The molecule has 3 nitrogen and oxygen atoms in total. The minimum atomic E-state index is -0.499. The van der Waals surface area contributed by atoms with Gasteiger partial charge in [-0.3, -0.25) is 0 Å². The van der Waals surface area contributed by atoms with Gasteiger partial charge in [0.1, 0.15) is 0 Å². The van der Waals surface area contributed by atoms with E-state index in [1.165, 1.54) is 0 Å². The van der Waals surface area contributed by atoms with E-state index in [0.717, 1.165) is 12.0 Å². The second-order valence-corrected chi connectivity index (χ2v) is 4.70. The van der Waals surface area contributed by atoms with Gasteiger partial charge in [0, 0.05) is 18.7 Å². The number of rotatable bonds is 7. The van der Waals surface area contributed by atoms with Gasteiger partial charge in [-0.05, 0) is 25.3 Å². The summed E-state index contributed by atoms with van der Waals surface area (Å²) in [6.45, 7) is 4.83. The van der Waals surface area contributed by atoms with Crippen LogP contribution >= 0.6 is 0 Å². The molecular formula is C14H23NO2. The van der Waals surface area contributed by atoms with Crippen molar-refractivity contribution in [2.24, 2.45) is 0 Å². The van der Waals surface area contributed by atoms with Crippen LogP contribution in [0.15, 0.2) is 30.3 Å². The van der Waals surface area contributed by atoms with Gasteiger partial charge >= 0.3 is 0 Å². The molecule has 0 aliphatic carbocycles. The zero-order chi connectivity index (χ0) is 12.7. The van der Waals surface area contributed by atoms with E-state index in [4.69, 9.17) is 5.11 Å². The first kappa shape index (κ1) is 14.2. The third kappa shape index (κ3) is 4.46. The molecule has 96 valence electrons. The predicted molar refractivity (Wildman–Crippen MR) is 69.8 cm³/mol. The van der Waals surface area contributed by atoms with Crippen LogP contribution in [0.1, 0.15) is 38.4 Å². The number of hydrogen-bond donors (Lipinski definition) is 3. The zero-order valence-electron chi connectivity index (χ0n) is 10.7. The van der Waals surface area contributed by atoms with Crippen molar-refractivity contribution in [3.05, 3.63) is 35.9 Å². The van der Waals surface area contributed by atoms with E-state index in [9.17, 15) is 5.11 Å². The van der Waals surface area contributed by atoms with Crippen LogP contribution in [-0.4, -0.2) is 28.9 Å². The van der Waals surface area contributed by atoms with Crippen LogP contribution in [-0.2, 0) is 0 Å². The Balaban J connectivity index is 2.50. The molecular weight excluding hydrogens is 214 g/mol. The van der Waals surface area contributed by atoms with Gasteiger partial charge in [-0.2, -0.15) is 0 Å². The van der Waals surface area contributed by atoms with Gasteiger partial charge in [-0.15, -0.1) is 0 Å². The van der Waals surface area contributed by atoms with Crippen LogP contribution in [0.25, 0.3) is 0 Å². The van der Waals surface area contributed by atoms with Crippen molar-refractivity contribution >= 4 is 0 Å². The minimum absolute atomic E-state index is 0.107. The quantitative estimate of drug-likeness (QED) is 0.678. The number of aliphatic hydroxyl groups excluding tert-OH is 2. The normalized spacial score (nSPS) is 16.5. The van der Waals surface area contributed by atoms with Gasteiger partial charge in [0.05, 0.1) is 6.10 Å². The molecule has 1 rings (SSSR count). The second kappa shape index (κ2) is 6.74. The predicted octanol–water partition coefficient (Wildman–Crippen LogP) is 1.86. The summed E-state index contributed by atoms with van der Waals surface area (Å²) in [6.07, 6.45) is 1.13. The van der Waals surface area contributed by atoms with Gasteiger partial charge in [0.15, 0.2) is 0 Å². The summed E-state index contributed by atoms with van der Waals surface area (Å²) in [7, 11) is 0. The minimum Gasteiger partial charge on any atom is -0.396 e. The van der Waals surface area contributed by atoms with Crippen LogP contribution in [0, 0.1) is 0 Å². The number of nitrogens with one attached hydrogen (secondary N) is 1. The summed E-state index contributed by atoms with van der Waals surface area (Å²) >= 11 is 0. The van der Waals surface area contributed by atoms with Crippen molar-refractivity contribution < 1.29 is 10.2 Å². The Morgan fingerprint density at radius 1 is 1.29 bits per heavy atom. The fourth-order valence-electron chi connectivity index (χ4n) is 1.77. The molecule has 3 N–H and O–H groups in total. The monoisotopic (exact) mass is 237 g/mol. The van der Waals surface area contributed by atoms with Crippen molar-refractivity contribution in [1.82, 2.24) is 5.32 Å². The number of β-amino-alcohol motifs (C(OH)–C–C–N with tert-alkyl or cyclic N) is 1. The van der Waals surface area contributed by atoms with Crippen LogP contribution in [0.4, 0.5) is 0 Å². The molecule has 3 heteroatoms. The maximum Gasteiger partial charge on any atom is 0.0914 e. The Bertz CT molecular complexity index is 315. The third-order valence-electron chi connectivity index (χ3n) is 3.35. The van der Waals surface area contributed by atoms with Gasteiger partial charge < -0.3 is 15.5 Å². The summed E-state index contributed by atoms with van der Waals surface area (Å²) in [5, 5.41) is 22.4. The van der Waals surface area contributed by atoms with Crippen molar-refractivity contribution in [2.45, 2.75) is 38.3 Å².